The molecule has 0 aliphatic carbocycles. The molecule has 0 amide bonds. The smallest absolute Gasteiger partial charge is 0.240 e. The van der Waals surface area contributed by atoms with Crippen LogP contribution in [-0.2, 0) is 10.0 Å². The lowest BCUT2D eigenvalue weighted by atomic mass is 10.3. The Morgan fingerprint density at radius 2 is 2.15 bits per heavy atom. The van der Waals surface area contributed by atoms with E-state index in [-0.39, 0.29) is 16.4 Å². The number of hydrogen-bond acceptors (Lipinski definition) is 6. The normalized spacial score (nSPS) is 11.9. The van der Waals surface area contributed by atoms with Crippen LogP contribution in [0.5, 0.6) is 0 Å². The Bertz CT molecular complexity index is 1060. The molecule has 3 aromatic rings. The zero-order valence-electron chi connectivity index (χ0n) is 14.5. The first-order valence-electron chi connectivity index (χ1n) is 8.30. The first kappa shape index (κ1) is 20.3. The van der Waals surface area contributed by atoms with Crippen molar-refractivity contribution in [1.29, 1.82) is 0 Å². The molecular formula is C17H18ClN3O3S3. The monoisotopic (exact) mass is 443 g/mol. The number of aromatic amines is 1. The Labute approximate surface area is 170 Å². The van der Waals surface area contributed by atoms with Crippen LogP contribution in [0.1, 0.15) is 29.4 Å². The van der Waals surface area contributed by atoms with Crippen molar-refractivity contribution in [2.24, 2.45) is 0 Å². The first-order chi connectivity index (χ1) is 12.9. The summed E-state index contributed by atoms with van der Waals surface area (Å²) in [5.41, 5.74) is 1.26. The van der Waals surface area contributed by atoms with Gasteiger partial charge in [-0.3, -0.25) is 4.79 Å². The maximum absolute atomic E-state index is 12.3. The van der Waals surface area contributed by atoms with Gasteiger partial charge in [-0.25, -0.2) is 18.1 Å². The predicted octanol–water partition coefficient (Wildman–Crippen LogP) is 4.33. The number of sulfonamides is 1. The van der Waals surface area contributed by atoms with E-state index in [4.69, 9.17) is 11.6 Å². The number of benzene rings is 1. The summed E-state index contributed by atoms with van der Waals surface area (Å²) in [5.74, 6) is 0.196. The molecule has 0 saturated heterocycles. The molecular weight excluding hydrogens is 426 g/mol. The molecule has 0 unspecified atom stereocenters. The van der Waals surface area contributed by atoms with Crippen molar-refractivity contribution in [2.75, 3.05) is 12.3 Å². The number of H-pyrrole nitrogens is 1. The number of carbonyl (C=O) groups is 1. The molecule has 144 valence electrons. The molecule has 27 heavy (non-hydrogen) atoms. The number of thioether (sulfide) groups is 1. The zero-order chi connectivity index (χ0) is 19.4. The summed E-state index contributed by atoms with van der Waals surface area (Å²) in [5, 5.41) is 0.564. The number of unbranched alkanes of at least 4 members (excludes halogenated alkanes) is 1. The number of thiophene rings is 1. The van der Waals surface area contributed by atoms with Crippen molar-refractivity contribution in [3.8, 4) is 0 Å². The van der Waals surface area contributed by atoms with Gasteiger partial charge in [0.1, 0.15) is 0 Å². The van der Waals surface area contributed by atoms with Gasteiger partial charge in [0.2, 0.25) is 10.0 Å². The molecule has 0 bridgehead atoms. The second kappa shape index (κ2) is 8.74. The van der Waals surface area contributed by atoms with Gasteiger partial charge in [0.05, 0.1) is 30.9 Å². The molecule has 0 fully saturated rings. The minimum absolute atomic E-state index is 0.0271. The van der Waals surface area contributed by atoms with Gasteiger partial charge in [0.25, 0.3) is 0 Å². The number of aromatic nitrogens is 2. The Kier molecular flexibility index (Phi) is 6.59. The van der Waals surface area contributed by atoms with E-state index in [2.05, 4.69) is 14.7 Å². The van der Waals surface area contributed by atoms with Crippen molar-refractivity contribution < 1.29 is 13.2 Å². The number of fused-ring (bicyclic) bond motifs is 1. The van der Waals surface area contributed by atoms with Crippen LogP contribution in [0.4, 0.5) is 0 Å². The molecule has 10 heteroatoms. The van der Waals surface area contributed by atoms with Crippen LogP contribution in [0.15, 0.2) is 40.4 Å². The van der Waals surface area contributed by atoms with Crippen LogP contribution < -0.4 is 4.72 Å². The SMILES string of the molecule is CCCCNS(=O)(=O)c1ccc2nc(SCC(=O)c3ccc(Cl)s3)[nH]c2c1. The lowest BCUT2D eigenvalue weighted by molar-refractivity contribution is 0.102. The molecule has 6 nitrogen and oxygen atoms in total. The molecule has 2 heterocycles. The van der Waals surface area contributed by atoms with Gasteiger partial charge in [-0.05, 0) is 36.8 Å². The average molecular weight is 444 g/mol. The van der Waals surface area contributed by atoms with Crippen LogP contribution >= 0.6 is 34.7 Å². The van der Waals surface area contributed by atoms with E-state index in [0.717, 1.165) is 12.8 Å². The van der Waals surface area contributed by atoms with Gasteiger partial charge in [0.15, 0.2) is 10.9 Å². The van der Waals surface area contributed by atoms with Crippen LogP contribution in [-0.4, -0.2) is 36.5 Å². The van der Waals surface area contributed by atoms with Crippen molar-refractivity contribution >= 4 is 61.5 Å². The zero-order valence-corrected chi connectivity index (χ0v) is 17.7. The topological polar surface area (TPSA) is 91.9 Å². The van der Waals surface area contributed by atoms with Gasteiger partial charge in [0, 0.05) is 6.54 Å². The van der Waals surface area contributed by atoms with Gasteiger partial charge in [-0.1, -0.05) is 36.7 Å². The van der Waals surface area contributed by atoms with Gasteiger partial charge < -0.3 is 4.98 Å². The summed E-state index contributed by atoms with van der Waals surface area (Å²) in [4.78, 5) is 20.4. The fourth-order valence-corrected chi connectivity index (χ4v) is 5.28. The Morgan fingerprint density at radius 3 is 2.85 bits per heavy atom. The Morgan fingerprint density at radius 1 is 1.33 bits per heavy atom. The molecule has 1 aromatic carbocycles. The standard InChI is InChI=1S/C17H18ClN3O3S3/c1-2-3-8-19-27(23,24)11-4-5-12-13(9-11)21-17(20-12)25-10-14(22)15-6-7-16(18)26-15/h4-7,9,19H,2-3,8,10H2,1H3,(H,20,21). The van der Waals surface area contributed by atoms with E-state index in [0.29, 0.717) is 31.9 Å². The molecule has 3 rings (SSSR count). The quantitative estimate of drug-likeness (QED) is 0.291. The lowest BCUT2D eigenvalue weighted by Gasteiger charge is -2.05. The predicted molar refractivity (Wildman–Crippen MR) is 111 cm³/mol. The maximum atomic E-state index is 12.3. The van der Waals surface area contributed by atoms with E-state index in [1.54, 1.807) is 24.3 Å². The van der Waals surface area contributed by atoms with E-state index in [1.165, 1.54) is 29.2 Å². The Hall–Kier alpha value is -1.39. The van der Waals surface area contributed by atoms with Crippen molar-refractivity contribution in [1.82, 2.24) is 14.7 Å². The van der Waals surface area contributed by atoms with Crippen molar-refractivity contribution in [3.63, 3.8) is 0 Å². The van der Waals surface area contributed by atoms with Crippen molar-refractivity contribution in [3.05, 3.63) is 39.5 Å². The molecule has 2 N–H and O–H groups in total. The third-order valence-corrected chi connectivity index (χ3v) is 7.36. The minimum atomic E-state index is -3.54. The number of carbonyl (C=O) groups excluding carboxylic acids is 1. The number of Topliss-reactive ketones (excluding diaryl/α,β-unsaturated/α-hetero) is 1. The van der Waals surface area contributed by atoms with E-state index < -0.39 is 10.0 Å². The summed E-state index contributed by atoms with van der Waals surface area (Å²) in [6.07, 6.45) is 1.70. The second-order valence-corrected chi connectivity index (χ2v) is 10.2. The fraction of sp³-hybridized carbons (Fsp3) is 0.294. The number of imidazole rings is 1. The number of nitrogens with one attached hydrogen (secondary N) is 2. The lowest BCUT2D eigenvalue weighted by Crippen LogP contribution is -2.24. The third kappa shape index (κ3) is 5.11. The molecule has 0 atom stereocenters. The molecule has 2 aromatic heterocycles. The van der Waals surface area contributed by atoms with Gasteiger partial charge in [-0.2, -0.15) is 0 Å². The maximum Gasteiger partial charge on any atom is 0.240 e. The number of hydrogen-bond donors (Lipinski definition) is 2. The van der Waals surface area contributed by atoms with Crippen LogP contribution in [0.25, 0.3) is 11.0 Å². The van der Waals surface area contributed by atoms with Crippen LogP contribution in [0.2, 0.25) is 4.34 Å². The summed E-state index contributed by atoms with van der Waals surface area (Å²) in [6, 6.07) is 8.15. The number of nitrogens with zero attached hydrogens (tertiary/aromatic N) is 1. The van der Waals surface area contributed by atoms with Crippen LogP contribution in [0.3, 0.4) is 0 Å². The molecule has 0 spiro atoms. The van der Waals surface area contributed by atoms with E-state index >= 15 is 0 Å². The Balaban J connectivity index is 1.71. The van der Waals surface area contributed by atoms with Crippen LogP contribution in [0, 0.1) is 0 Å². The summed E-state index contributed by atoms with van der Waals surface area (Å²) in [6.45, 7) is 2.41. The molecule has 0 aliphatic heterocycles. The average Bonchev–Trinajstić information content (AvgIpc) is 3.24. The summed E-state index contributed by atoms with van der Waals surface area (Å²) >= 11 is 8.37. The fourth-order valence-electron chi connectivity index (χ4n) is 2.34. The second-order valence-electron chi connectivity index (χ2n) is 5.79. The molecule has 0 saturated carbocycles. The van der Waals surface area contributed by atoms with Gasteiger partial charge >= 0.3 is 0 Å². The van der Waals surface area contributed by atoms with E-state index in [9.17, 15) is 13.2 Å². The third-order valence-electron chi connectivity index (χ3n) is 3.75. The molecule has 0 aliphatic rings. The number of ketones is 1. The summed E-state index contributed by atoms with van der Waals surface area (Å²) in [7, 11) is -3.54. The minimum Gasteiger partial charge on any atom is -0.333 e. The van der Waals surface area contributed by atoms with E-state index in [1.807, 2.05) is 6.92 Å². The highest BCUT2D eigenvalue weighted by Gasteiger charge is 2.16. The van der Waals surface area contributed by atoms with Gasteiger partial charge in [-0.15, -0.1) is 11.3 Å². The highest BCUT2D eigenvalue weighted by molar-refractivity contribution is 7.99. The first-order valence-corrected chi connectivity index (χ1v) is 12.0. The highest BCUT2D eigenvalue weighted by Crippen LogP contribution is 2.26. The molecule has 0 radical (unpaired) electrons. The largest absolute Gasteiger partial charge is 0.333 e. The summed E-state index contributed by atoms with van der Waals surface area (Å²) < 4.78 is 27.8. The number of halogens is 1. The highest BCUT2D eigenvalue weighted by atomic mass is 35.5. The number of rotatable bonds is 9. The van der Waals surface area contributed by atoms with Crippen molar-refractivity contribution in [2.45, 2.75) is 29.8 Å².